The molecule has 0 aliphatic heterocycles. The highest BCUT2D eigenvalue weighted by Crippen LogP contribution is 2.23. The Morgan fingerprint density at radius 2 is 2.23 bits per heavy atom. The Balaban J connectivity index is 3.38. The maximum absolute atomic E-state index is 12.3. The van der Waals surface area contributed by atoms with Crippen LogP contribution in [0.3, 0.4) is 0 Å². The number of H-pyrrole nitrogens is 1. The van der Waals surface area contributed by atoms with Gasteiger partial charge in [-0.2, -0.15) is 0 Å². The van der Waals surface area contributed by atoms with Gasteiger partial charge < -0.3 is 15.8 Å². The lowest BCUT2D eigenvalue weighted by Gasteiger charge is -2.07. The number of aromatic amines is 1. The molecule has 0 radical (unpaired) electrons. The number of alkyl halides is 2. The second-order valence-corrected chi connectivity index (χ2v) is 2.44. The highest BCUT2D eigenvalue weighted by Gasteiger charge is 2.15. The topological polar surface area (TPSA) is 79.1 Å². The molecule has 0 spiro atoms. The summed E-state index contributed by atoms with van der Waals surface area (Å²) in [5.41, 5.74) is 3.86. The normalized spacial score (nSPS) is 10.8. The predicted molar refractivity (Wildman–Crippen MR) is 42.4 cm³/mol. The summed E-state index contributed by atoms with van der Waals surface area (Å²) in [5.74, 6) is -0.217. The SMILES string of the molecule is Nc1[nH]c(=O)cc(C(F)F)c1CO. The number of pyridine rings is 1. The van der Waals surface area contributed by atoms with Crippen LogP contribution in [0.4, 0.5) is 14.6 Å². The Labute approximate surface area is 72.0 Å². The molecule has 0 fully saturated rings. The summed E-state index contributed by atoms with van der Waals surface area (Å²) in [7, 11) is 0. The molecule has 0 amide bonds. The summed E-state index contributed by atoms with van der Waals surface area (Å²) in [4.78, 5) is 12.8. The molecule has 1 rings (SSSR count). The molecular weight excluding hydrogens is 182 g/mol. The van der Waals surface area contributed by atoms with Crippen molar-refractivity contribution in [3.63, 3.8) is 0 Å². The van der Waals surface area contributed by atoms with Gasteiger partial charge in [0, 0.05) is 17.2 Å². The average molecular weight is 190 g/mol. The van der Waals surface area contributed by atoms with Crippen LogP contribution in [0.1, 0.15) is 17.6 Å². The first kappa shape index (κ1) is 9.66. The van der Waals surface area contributed by atoms with Crippen molar-refractivity contribution in [1.82, 2.24) is 4.98 Å². The van der Waals surface area contributed by atoms with Crippen LogP contribution in [-0.4, -0.2) is 10.1 Å². The highest BCUT2D eigenvalue weighted by molar-refractivity contribution is 5.44. The van der Waals surface area contributed by atoms with E-state index in [4.69, 9.17) is 10.8 Å². The molecule has 1 aromatic rings. The number of aliphatic hydroxyl groups excluding tert-OH is 1. The Kier molecular flexibility index (Phi) is 2.62. The summed E-state index contributed by atoms with van der Waals surface area (Å²) < 4.78 is 24.5. The third kappa shape index (κ3) is 1.83. The zero-order chi connectivity index (χ0) is 10.0. The van der Waals surface area contributed by atoms with E-state index in [1.165, 1.54) is 0 Å². The van der Waals surface area contributed by atoms with Gasteiger partial charge in [-0.3, -0.25) is 4.79 Å². The van der Waals surface area contributed by atoms with Gasteiger partial charge in [0.2, 0.25) is 5.56 Å². The molecule has 4 N–H and O–H groups in total. The van der Waals surface area contributed by atoms with E-state index in [9.17, 15) is 13.6 Å². The lowest BCUT2D eigenvalue weighted by molar-refractivity contribution is 0.147. The smallest absolute Gasteiger partial charge is 0.264 e. The molecular formula is C7H8F2N2O2. The highest BCUT2D eigenvalue weighted by atomic mass is 19.3. The van der Waals surface area contributed by atoms with Crippen molar-refractivity contribution in [2.45, 2.75) is 13.0 Å². The molecule has 1 aromatic heterocycles. The minimum absolute atomic E-state index is 0.130. The molecule has 0 saturated heterocycles. The number of rotatable bonds is 2. The zero-order valence-corrected chi connectivity index (χ0v) is 6.55. The fraction of sp³-hybridized carbons (Fsp3) is 0.286. The lowest BCUT2D eigenvalue weighted by atomic mass is 10.1. The number of halogens is 2. The second kappa shape index (κ2) is 3.53. The molecule has 6 heteroatoms. The summed E-state index contributed by atoms with van der Waals surface area (Å²) in [5, 5.41) is 8.70. The molecule has 0 aromatic carbocycles. The van der Waals surface area contributed by atoms with E-state index in [0.717, 1.165) is 6.07 Å². The van der Waals surface area contributed by atoms with E-state index in [1.54, 1.807) is 0 Å². The molecule has 72 valence electrons. The van der Waals surface area contributed by atoms with Crippen molar-refractivity contribution < 1.29 is 13.9 Å². The Hall–Kier alpha value is -1.43. The van der Waals surface area contributed by atoms with Gasteiger partial charge in [-0.25, -0.2) is 8.78 Å². The third-order valence-corrected chi connectivity index (χ3v) is 1.61. The van der Waals surface area contributed by atoms with Crippen LogP contribution in [0.15, 0.2) is 10.9 Å². The first-order valence-corrected chi connectivity index (χ1v) is 3.47. The maximum Gasteiger partial charge on any atom is 0.264 e. The van der Waals surface area contributed by atoms with Gasteiger partial charge in [0.05, 0.1) is 6.61 Å². The third-order valence-electron chi connectivity index (χ3n) is 1.61. The summed E-state index contributed by atoms with van der Waals surface area (Å²) in [6, 6.07) is 0.729. The Morgan fingerprint density at radius 3 is 2.69 bits per heavy atom. The summed E-state index contributed by atoms with van der Waals surface area (Å²) in [6.07, 6.45) is -2.81. The fourth-order valence-corrected chi connectivity index (χ4v) is 0.999. The molecule has 1 heterocycles. The predicted octanol–water partition coefficient (Wildman–Crippen LogP) is 0.387. The van der Waals surface area contributed by atoms with E-state index < -0.39 is 24.2 Å². The number of anilines is 1. The number of hydrogen-bond acceptors (Lipinski definition) is 3. The Morgan fingerprint density at radius 1 is 1.62 bits per heavy atom. The largest absolute Gasteiger partial charge is 0.392 e. The molecule has 0 bridgehead atoms. The van der Waals surface area contributed by atoms with E-state index in [-0.39, 0.29) is 11.4 Å². The van der Waals surface area contributed by atoms with Crippen LogP contribution in [0.2, 0.25) is 0 Å². The number of nitrogen functional groups attached to an aromatic ring is 1. The Bertz CT molecular complexity index is 362. The molecule has 0 aliphatic carbocycles. The second-order valence-electron chi connectivity index (χ2n) is 2.44. The number of nitrogens with two attached hydrogens (primary N) is 1. The van der Waals surface area contributed by atoms with Crippen LogP contribution < -0.4 is 11.3 Å². The number of hydrogen-bond donors (Lipinski definition) is 3. The zero-order valence-electron chi connectivity index (χ0n) is 6.55. The van der Waals surface area contributed by atoms with Gasteiger partial charge in [-0.15, -0.1) is 0 Å². The monoisotopic (exact) mass is 190 g/mol. The van der Waals surface area contributed by atoms with E-state index >= 15 is 0 Å². The van der Waals surface area contributed by atoms with Crippen molar-refractivity contribution in [2.75, 3.05) is 5.73 Å². The van der Waals surface area contributed by atoms with E-state index in [0.29, 0.717) is 0 Å². The fourth-order valence-electron chi connectivity index (χ4n) is 0.999. The molecule has 0 unspecified atom stereocenters. The standard InChI is InChI=1S/C7H8F2N2O2/c8-6(9)3-1-5(13)11-7(10)4(3)2-12/h1,6,12H,2H2,(H3,10,11,13). The quantitative estimate of drug-likeness (QED) is 0.631. The first-order valence-electron chi connectivity index (χ1n) is 3.47. The molecule has 0 saturated carbocycles. The van der Waals surface area contributed by atoms with Crippen LogP contribution in [0.25, 0.3) is 0 Å². The maximum atomic E-state index is 12.3. The van der Waals surface area contributed by atoms with Crippen molar-refractivity contribution in [3.05, 3.63) is 27.5 Å². The van der Waals surface area contributed by atoms with Crippen molar-refractivity contribution in [1.29, 1.82) is 0 Å². The van der Waals surface area contributed by atoms with Crippen molar-refractivity contribution in [2.24, 2.45) is 0 Å². The van der Waals surface area contributed by atoms with Crippen LogP contribution >= 0.6 is 0 Å². The van der Waals surface area contributed by atoms with Crippen molar-refractivity contribution >= 4 is 5.82 Å². The van der Waals surface area contributed by atoms with Gasteiger partial charge in [-0.1, -0.05) is 0 Å². The van der Waals surface area contributed by atoms with Crippen LogP contribution in [-0.2, 0) is 6.61 Å². The van der Waals surface area contributed by atoms with Gasteiger partial charge in [0.15, 0.2) is 0 Å². The first-order chi connectivity index (χ1) is 6.06. The molecule has 0 atom stereocenters. The minimum Gasteiger partial charge on any atom is -0.392 e. The number of aliphatic hydroxyl groups is 1. The van der Waals surface area contributed by atoms with E-state index in [2.05, 4.69) is 4.98 Å². The molecule has 13 heavy (non-hydrogen) atoms. The van der Waals surface area contributed by atoms with Gasteiger partial charge in [0.25, 0.3) is 6.43 Å². The molecule has 4 nitrogen and oxygen atoms in total. The van der Waals surface area contributed by atoms with Crippen LogP contribution in [0, 0.1) is 0 Å². The van der Waals surface area contributed by atoms with Gasteiger partial charge in [0.1, 0.15) is 5.82 Å². The molecule has 0 aliphatic rings. The van der Waals surface area contributed by atoms with E-state index in [1.807, 2.05) is 0 Å². The summed E-state index contributed by atoms with van der Waals surface area (Å²) in [6.45, 7) is -0.623. The van der Waals surface area contributed by atoms with Gasteiger partial charge >= 0.3 is 0 Å². The number of aromatic nitrogens is 1. The number of nitrogens with one attached hydrogen (secondary N) is 1. The lowest BCUT2D eigenvalue weighted by Crippen LogP contribution is -2.13. The van der Waals surface area contributed by atoms with Gasteiger partial charge in [-0.05, 0) is 0 Å². The average Bonchev–Trinajstić information content (AvgIpc) is 2.02. The van der Waals surface area contributed by atoms with Crippen molar-refractivity contribution in [3.8, 4) is 0 Å². The van der Waals surface area contributed by atoms with Crippen LogP contribution in [0.5, 0.6) is 0 Å². The minimum atomic E-state index is -2.81. The summed E-state index contributed by atoms with van der Waals surface area (Å²) >= 11 is 0.